The molecule has 10 heavy (non-hydrogen) atoms. The fourth-order valence-corrected chi connectivity index (χ4v) is 2.24. The number of carbonyl (C=O) groups is 1. The van der Waals surface area contributed by atoms with Gasteiger partial charge in [-0.05, 0) is 0 Å². The molecule has 0 spiro atoms. The van der Waals surface area contributed by atoms with Crippen LogP contribution in [-0.4, -0.2) is 41.8 Å². The molecule has 1 saturated heterocycles. The second-order valence-corrected chi connectivity index (χ2v) is 4.15. The van der Waals surface area contributed by atoms with Gasteiger partial charge in [0.2, 0.25) is 0 Å². The number of thioether (sulfide) groups is 1. The van der Waals surface area contributed by atoms with Crippen LogP contribution in [0, 0.1) is 0 Å². The lowest BCUT2D eigenvalue weighted by molar-refractivity contribution is -0.108. The molecule has 1 unspecified atom stereocenters. The molecule has 0 bridgehead atoms. The molecule has 1 atom stereocenters. The molecule has 3 heteroatoms. The molecule has 58 valence electrons. The molecule has 0 aromatic heterocycles. The van der Waals surface area contributed by atoms with Crippen LogP contribution in [0.1, 0.15) is 6.92 Å². The lowest BCUT2D eigenvalue weighted by Gasteiger charge is -2.28. The van der Waals surface area contributed by atoms with Crippen molar-refractivity contribution in [3.05, 3.63) is 0 Å². The van der Waals surface area contributed by atoms with E-state index in [2.05, 4.69) is 11.8 Å². The van der Waals surface area contributed by atoms with Crippen molar-refractivity contribution in [1.82, 2.24) is 4.90 Å². The van der Waals surface area contributed by atoms with E-state index in [1.165, 1.54) is 5.75 Å². The van der Waals surface area contributed by atoms with Crippen molar-refractivity contribution >= 4 is 18.0 Å². The summed E-state index contributed by atoms with van der Waals surface area (Å²) in [5.41, 5.74) is 0. The highest BCUT2D eigenvalue weighted by molar-refractivity contribution is 7.99. The van der Waals surface area contributed by atoms with Gasteiger partial charge in [-0.25, -0.2) is 0 Å². The number of carbonyl (C=O) groups excluding carboxylic acids is 1. The topological polar surface area (TPSA) is 20.3 Å². The molecule has 1 fully saturated rings. The molecule has 0 aromatic carbocycles. The van der Waals surface area contributed by atoms with Crippen LogP contribution in [0.25, 0.3) is 0 Å². The monoisotopic (exact) mass is 159 g/mol. The first kappa shape index (κ1) is 8.08. The lowest BCUT2D eigenvalue weighted by atomic mass is 10.4. The Labute approximate surface area is 66.0 Å². The summed E-state index contributed by atoms with van der Waals surface area (Å²) >= 11 is 1.99. The maximum absolute atomic E-state index is 10.1. The minimum Gasteiger partial charge on any atom is -0.302 e. The van der Waals surface area contributed by atoms with Gasteiger partial charge in [-0.1, -0.05) is 6.92 Å². The van der Waals surface area contributed by atoms with Gasteiger partial charge in [0.25, 0.3) is 0 Å². The molecule has 0 radical (unpaired) electrons. The van der Waals surface area contributed by atoms with Crippen molar-refractivity contribution in [3.63, 3.8) is 0 Å². The highest BCUT2D eigenvalue weighted by Crippen LogP contribution is 2.16. The van der Waals surface area contributed by atoms with E-state index in [1.807, 2.05) is 11.8 Å². The van der Waals surface area contributed by atoms with E-state index in [0.717, 1.165) is 19.4 Å². The zero-order chi connectivity index (χ0) is 7.40. The average molecular weight is 159 g/mol. The molecule has 0 N–H and O–H groups in total. The summed E-state index contributed by atoms with van der Waals surface area (Å²) in [6.07, 6.45) is 0.989. The highest BCUT2D eigenvalue weighted by Gasteiger charge is 2.15. The summed E-state index contributed by atoms with van der Waals surface area (Å²) in [5.74, 6) is 1.18. The van der Waals surface area contributed by atoms with Crippen LogP contribution in [-0.2, 0) is 4.79 Å². The van der Waals surface area contributed by atoms with E-state index in [-0.39, 0.29) is 0 Å². The summed E-state index contributed by atoms with van der Waals surface area (Å²) in [5, 5.41) is 0.702. The average Bonchev–Trinajstić information content (AvgIpc) is 1.88. The maximum atomic E-state index is 10.1. The van der Waals surface area contributed by atoms with Crippen LogP contribution in [0.4, 0.5) is 0 Å². The number of nitrogens with zero attached hydrogens (tertiary/aromatic N) is 1. The van der Waals surface area contributed by atoms with Crippen molar-refractivity contribution in [3.8, 4) is 0 Å². The first-order valence-corrected chi connectivity index (χ1v) is 4.65. The predicted molar refractivity (Wildman–Crippen MR) is 44.4 cm³/mol. The Hall–Kier alpha value is -0.0200. The number of rotatable bonds is 2. The first-order valence-electron chi connectivity index (χ1n) is 3.60. The Kier molecular flexibility index (Phi) is 3.22. The zero-order valence-electron chi connectivity index (χ0n) is 6.25. The third-order valence-corrected chi connectivity index (χ3v) is 2.79. The second kappa shape index (κ2) is 3.98. The van der Waals surface area contributed by atoms with Crippen LogP contribution >= 0.6 is 11.8 Å². The zero-order valence-corrected chi connectivity index (χ0v) is 7.06. The van der Waals surface area contributed by atoms with E-state index < -0.39 is 0 Å². The van der Waals surface area contributed by atoms with Crippen LogP contribution < -0.4 is 0 Å². The molecule has 0 saturated carbocycles. The second-order valence-electron chi connectivity index (χ2n) is 2.61. The molecule has 0 aliphatic carbocycles. The first-order chi connectivity index (χ1) is 4.83. The van der Waals surface area contributed by atoms with Crippen molar-refractivity contribution in [2.24, 2.45) is 0 Å². The van der Waals surface area contributed by atoms with Gasteiger partial charge < -0.3 is 4.79 Å². The smallest absolute Gasteiger partial charge is 0.133 e. The minimum atomic E-state index is 0.616. The van der Waals surface area contributed by atoms with E-state index in [1.54, 1.807) is 0 Å². The van der Waals surface area contributed by atoms with Crippen molar-refractivity contribution < 1.29 is 4.79 Å². The SMILES string of the molecule is CC1CN(CC=O)CCS1. The Morgan fingerprint density at radius 3 is 3.20 bits per heavy atom. The predicted octanol–water partition coefficient (Wildman–Crippen LogP) is 0.623. The summed E-state index contributed by atoms with van der Waals surface area (Å²) < 4.78 is 0. The van der Waals surface area contributed by atoms with E-state index >= 15 is 0 Å². The lowest BCUT2D eigenvalue weighted by Crippen LogP contribution is -2.37. The number of hydrogen-bond donors (Lipinski definition) is 0. The van der Waals surface area contributed by atoms with E-state index in [0.29, 0.717) is 11.8 Å². The summed E-state index contributed by atoms with van der Waals surface area (Å²) in [4.78, 5) is 12.3. The molecule has 1 aliphatic heterocycles. The largest absolute Gasteiger partial charge is 0.302 e. The van der Waals surface area contributed by atoms with Gasteiger partial charge in [0.1, 0.15) is 6.29 Å². The van der Waals surface area contributed by atoms with E-state index in [9.17, 15) is 4.79 Å². The number of aldehydes is 1. The fourth-order valence-electron chi connectivity index (χ4n) is 1.16. The normalized spacial score (nSPS) is 28.3. The third-order valence-electron chi connectivity index (χ3n) is 1.66. The van der Waals surface area contributed by atoms with Gasteiger partial charge in [-0.3, -0.25) is 4.90 Å². The maximum Gasteiger partial charge on any atom is 0.133 e. The summed E-state index contributed by atoms with van der Waals surface area (Å²) in [6, 6.07) is 0. The van der Waals surface area contributed by atoms with Gasteiger partial charge >= 0.3 is 0 Å². The molecule has 1 rings (SSSR count). The van der Waals surface area contributed by atoms with Crippen molar-refractivity contribution in [2.75, 3.05) is 25.4 Å². The van der Waals surface area contributed by atoms with Crippen LogP contribution in [0.2, 0.25) is 0 Å². The van der Waals surface area contributed by atoms with Gasteiger partial charge in [0.05, 0.1) is 6.54 Å². The Bertz CT molecular complexity index is 118. The quantitative estimate of drug-likeness (QED) is 0.551. The van der Waals surface area contributed by atoms with Crippen LogP contribution in [0.15, 0.2) is 0 Å². The molecule has 0 amide bonds. The Morgan fingerprint density at radius 2 is 2.60 bits per heavy atom. The highest BCUT2D eigenvalue weighted by atomic mass is 32.2. The van der Waals surface area contributed by atoms with Gasteiger partial charge in [0, 0.05) is 24.1 Å². The van der Waals surface area contributed by atoms with Crippen molar-refractivity contribution in [1.29, 1.82) is 0 Å². The van der Waals surface area contributed by atoms with Gasteiger partial charge in [-0.2, -0.15) is 11.8 Å². The summed E-state index contributed by atoms with van der Waals surface area (Å²) in [6.45, 7) is 4.98. The number of hydrogen-bond acceptors (Lipinski definition) is 3. The Balaban J connectivity index is 2.24. The Morgan fingerprint density at radius 1 is 1.80 bits per heavy atom. The summed E-state index contributed by atoms with van der Waals surface area (Å²) in [7, 11) is 0. The third kappa shape index (κ3) is 2.31. The van der Waals surface area contributed by atoms with E-state index in [4.69, 9.17) is 0 Å². The standard InChI is InChI=1S/C7H13NOS/c1-7-6-8(2-4-9)3-5-10-7/h4,7H,2-3,5-6H2,1H3. The molecule has 0 aromatic rings. The molecule has 1 heterocycles. The fraction of sp³-hybridized carbons (Fsp3) is 0.857. The molecular formula is C7H13NOS. The van der Waals surface area contributed by atoms with Crippen molar-refractivity contribution in [2.45, 2.75) is 12.2 Å². The molecular weight excluding hydrogens is 146 g/mol. The van der Waals surface area contributed by atoms with Crippen LogP contribution in [0.5, 0.6) is 0 Å². The van der Waals surface area contributed by atoms with Gasteiger partial charge in [0.15, 0.2) is 0 Å². The van der Waals surface area contributed by atoms with Gasteiger partial charge in [-0.15, -0.1) is 0 Å². The van der Waals surface area contributed by atoms with Crippen LogP contribution in [0.3, 0.4) is 0 Å². The minimum absolute atomic E-state index is 0.616. The molecule has 2 nitrogen and oxygen atoms in total. The molecule has 1 aliphatic rings.